The standard InChI is InChI=1S/C17H11ClFNO3/c18-12-8-13(19)14(11-6-3-7-23-15(11)12)20-16(21)9-4-1-2-5-10(9)17(20)22/h1-2,4-5,8H,3,6-7H2. The van der Waals surface area contributed by atoms with E-state index in [1.807, 2.05) is 0 Å². The normalized spacial score (nSPS) is 16.2. The minimum absolute atomic E-state index is 0.0460. The second kappa shape index (κ2) is 5.06. The number of hydrogen-bond acceptors (Lipinski definition) is 3. The smallest absolute Gasteiger partial charge is 0.266 e. The van der Waals surface area contributed by atoms with E-state index in [1.54, 1.807) is 24.3 Å². The van der Waals surface area contributed by atoms with Crippen LogP contribution in [0.15, 0.2) is 30.3 Å². The molecule has 0 bridgehead atoms. The van der Waals surface area contributed by atoms with E-state index in [9.17, 15) is 14.0 Å². The lowest BCUT2D eigenvalue weighted by molar-refractivity contribution is 0.0924. The first-order chi connectivity index (χ1) is 11.1. The Hall–Kier alpha value is -2.40. The molecule has 2 aromatic rings. The van der Waals surface area contributed by atoms with Crippen molar-refractivity contribution < 1.29 is 18.7 Å². The SMILES string of the molecule is O=C1c2ccccc2C(=O)N1c1c(F)cc(Cl)c2c1CCCO2. The van der Waals surface area contributed by atoms with Gasteiger partial charge in [-0.2, -0.15) is 0 Å². The maximum absolute atomic E-state index is 14.6. The van der Waals surface area contributed by atoms with Crippen molar-refractivity contribution in [1.29, 1.82) is 0 Å². The summed E-state index contributed by atoms with van der Waals surface area (Å²) in [6.07, 6.45) is 1.17. The number of imide groups is 1. The van der Waals surface area contributed by atoms with Crippen LogP contribution in [0.1, 0.15) is 32.7 Å². The molecular formula is C17H11ClFNO3. The highest BCUT2D eigenvalue weighted by molar-refractivity contribution is 6.35. The fraction of sp³-hybridized carbons (Fsp3) is 0.176. The molecule has 0 unspecified atom stereocenters. The molecule has 2 amide bonds. The van der Waals surface area contributed by atoms with E-state index in [0.29, 0.717) is 30.8 Å². The predicted octanol–water partition coefficient (Wildman–Crippen LogP) is 3.60. The Balaban J connectivity index is 1.93. The van der Waals surface area contributed by atoms with E-state index in [-0.39, 0.29) is 21.8 Å². The summed E-state index contributed by atoms with van der Waals surface area (Å²) in [5, 5.41) is 0.151. The molecule has 6 heteroatoms. The maximum atomic E-state index is 14.6. The quantitative estimate of drug-likeness (QED) is 0.750. The summed E-state index contributed by atoms with van der Waals surface area (Å²) in [5.41, 5.74) is 0.973. The van der Waals surface area contributed by atoms with E-state index < -0.39 is 17.6 Å². The van der Waals surface area contributed by atoms with Gasteiger partial charge in [-0.05, 0) is 31.0 Å². The van der Waals surface area contributed by atoms with Gasteiger partial charge in [0.25, 0.3) is 11.8 Å². The first kappa shape index (κ1) is 14.2. The summed E-state index contributed by atoms with van der Waals surface area (Å²) in [5.74, 6) is -1.40. The van der Waals surface area contributed by atoms with Crippen LogP contribution in [-0.4, -0.2) is 18.4 Å². The molecule has 116 valence electrons. The van der Waals surface area contributed by atoms with E-state index >= 15 is 0 Å². The highest BCUT2D eigenvalue weighted by atomic mass is 35.5. The average molecular weight is 332 g/mol. The van der Waals surface area contributed by atoms with Crippen LogP contribution in [0.25, 0.3) is 0 Å². The molecule has 23 heavy (non-hydrogen) atoms. The van der Waals surface area contributed by atoms with Crippen LogP contribution in [-0.2, 0) is 6.42 Å². The predicted molar refractivity (Wildman–Crippen MR) is 82.8 cm³/mol. The van der Waals surface area contributed by atoms with Gasteiger partial charge in [-0.25, -0.2) is 9.29 Å². The largest absolute Gasteiger partial charge is 0.492 e. The lowest BCUT2D eigenvalue weighted by atomic mass is 10.0. The molecule has 2 aliphatic rings. The summed E-state index contributed by atoms with van der Waals surface area (Å²) in [6.45, 7) is 0.472. The third kappa shape index (κ3) is 1.96. The molecule has 2 aromatic carbocycles. The third-order valence-electron chi connectivity index (χ3n) is 4.09. The fourth-order valence-electron chi connectivity index (χ4n) is 3.09. The second-order valence-corrected chi connectivity index (χ2v) is 5.85. The van der Waals surface area contributed by atoms with Gasteiger partial charge >= 0.3 is 0 Å². The number of rotatable bonds is 1. The maximum Gasteiger partial charge on any atom is 0.266 e. The van der Waals surface area contributed by atoms with Gasteiger partial charge in [-0.1, -0.05) is 23.7 Å². The molecule has 0 fully saturated rings. The van der Waals surface area contributed by atoms with Crippen molar-refractivity contribution in [3.05, 3.63) is 57.9 Å². The number of carbonyl (C=O) groups is 2. The lowest BCUT2D eigenvalue weighted by Crippen LogP contribution is -2.32. The first-order valence-electron chi connectivity index (χ1n) is 7.21. The Labute approximate surface area is 136 Å². The van der Waals surface area contributed by atoms with Crippen LogP contribution >= 0.6 is 11.6 Å². The lowest BCUT2D eigenvalue weighted by Gasteiger charge is -2.25. The highest BCUT2D eigenvalue weighted by Crippen LogP contribution is 2.43. The van der Waals surface area contributed by atoms with Crippen LogP contribution < -0.4 is 9.64 Å². The van der Waals surface area contributed by atoms with Crippen LogP contribution in [0.5, 0.6) is 5.75 Å². The van der Waals surface area contributed by atoms with Gasteiger partial charge in [0.1, 0.15) is 11.6 Å². The molecule has 0 saturated carbocycles. The number of carbonyl (C=O) groups excluding carboxylic acids is 2. The summed E-state index contributed by atoms with van der Waals surface area (Å²) < 4.78 is 20.1. The van der Waals surface area contributed by atoms with Crippen molar-refractivity contribution >= 4 is 29.1 Å². The van der Waals surface area contributed by atoms with Gasteiger partial charge in [0, 0.05) is 5.56 Å². The van der Waals surface area contributed by atoms with Crippen molar-refractivity contribution in [2.45, 2.75) is 12.8 Å². The highest BCUT2D eigenvalue weighted by Gasteiger charge is 2.40. The van der Waals surface area contributed by atoms with E-state index in [2.05, 4.69) is 0 Å². The third-order valence-corrected chi connectivity index (χ3v) is 4.37. The van der Waals surface area contributed by atoms with E-state index in [0.717, 1.165) is 11.0 Å². The zero-order valence-corrected chi connectivity index (χ0v) is 12.7. The van der Waals surface area contributed by atoms with Crippen molar-refractivity contribution in [1.82, 2.24) is 0 Å². The molecule has 2 aliphatic heterocycles. The Morgan fingerprint density at radius 1 is 1.13 bits per heavy atom. The van der Waals surface area contributed by atoms with E-state index in [4.69, 9.17) is 16.3 Å². The Kier molecular flexibility index (Phi) is 3.13. The van der Waals surface area contributed by atoms with Crippen LogP contribution in [0.2, 0.25) is 5.02 Å². The Morgan fingerprint density at radius 3 is 2.43 bits per heavy atom. The zero-order valence-electron chi connectivity index (χ0n) is 11.9. The summed E-state index contributed by atoms with van der Waals surface area (Å²) in [7, 11) is 0. The molecule has 0 saturated heterocycles. The summed E-state index contributed by atoms with van der Waals surface area (Å²) >= 11 is 6.03. The molecule has 0 aromatic heterocycles. The van der Waals surface area contributed by atoms with Crippen LogP contribution in [0.4, 0.5) is 10.1 Å². The van der Waals surface area contributed by atoms with Gasteiger partial charge in [0.15, 0.2) is 0 Å². The van der Waals surface area contributed by atoms with E-state index in [1.165, 1.54) is 0 Å². The molecule has 4 nitrogen and oxygen atoms in total. The Bertz CT molecular complexity index is 830. The molecule has 0 N–H and O–H groups in total. The number of ether oxygens (including phenoxy) is 1. The van der Waals surface area contributed by atoms with Gasteiger partial charge in [0.2, 0.25) is 0 Å². The first-order valence-corrected chi connectivity index (χ1v) is 7.59. The number of amides is 2. The van der Waals surface area contributed by atoms with Crippen LogP contribution in [0.3, 0.4) is 0 Å². The number of nitrogens with zero attached hydrogens (tertiary/aromatic N) is 1. The van der Waals surface area contributed by atoms with Gasteiger partial charge in [0.05, 0.1) is 28.4 Å². The minimum atomic E-state index is -0.700. The number of benzene rings is 2. The fourth-order valence-corrected chi connectivity index (χ4v) is 3.35. The number of fused-ring (bicyclic) bond motifs is 2. The molecular weight excluding hydrogens is 321 g/mol. The number of anilines is 1. The minimum Gasteiger partial charge on any atom is -0.492 e. The number of halogens is 2. The van der Waals surface area contributed by atoms with Crippen molar-refractivity contribution in [2.75, 3.05) is 11.5 Å². The van der Waals surface area contributed by atoms with Crippen molar-refractivity contribution in [3.63, 3.8) is 0 Å². The molecule has 0 radical (unpaired) electrons. The van der Waals surface area contributed by atoms with Gasteiger partial charge in [-0.3, -0.25) is 9.59 Å². The molecule has 2 heterocycles. The number of hydrogen-bond donors (Lipinski definition) is 0. The van der Waals surface area contributed by atoms with Gasteiger partial charge < -0.3 is 4.74 Å². The molecule has 0 spiro atoms. The average Bonchev–Trinajstić information content (AvgIpc) is 2.81. The Morgan fingerprint density at radius 2 is 1.78 bits per heavy atom. The second-order valence-electron chi connectivity index (χ2n) is 5.44. The van der Waals surface area contributed by atoms with Crippen LogP contribution in [0, 0.1) is 5.82 Å². The van der Waals surface area contributed by atoms with Crippen molar-refractivity contribution in [2.24, 2.45) is 0 Å². The van der Waals surface area contributed by atoms with Gasteiger partial charge in [-0.15, -0.1) is 0 Å². The molecule has 0 atom stereocenters. The zero-order chi connectivity index (χ0) is 16.1. The summed E-state index contributed by atoms with van der Waals surface area (Å²) in [4.78, 5) is 26.1. The summed E-state index contributed by atoms with van der Waals surface area (Å²) in [6, 6.07) is 7.55. The molecule has 4 rings (SSSR count). The molecule has 0 aliphatic carbocycles. The van der Waals surface area contributed by atoms with Crippen molar-refractivity contribution in [3.8, 4) is 5.75 Å². The topological polar surface area (TPSA) is 46.6 Å². The monoisotopic (exact) mass is 331 g/mol.